The van der Waals surface area contributed by atoms with E-state index in [-0.39, 0.29) is 16.8 Å². The average Bonchev–Trinajstić information content (AvgIpc) is 3.45. The third-order valence-corrected chi connectivity index (χ3v) is 7.06. The lowest BCUT2D eigenvalue weighted by Crippen LogP contribution is -2.51. The average molecular weight is 471 g/mol. The number of ether oxygens (including phenoxy) is 2. The smallest absolute Gasteiger partial charge is 0.241 e. The number of halogens is 1. The molecule has 0 bridgehead atoms. The normalized spacial score (nSPS) is 24.3. The van der Waals surface area contributed by atoms with Crippen LogP contribution in [0.3, 0.4) is 0 Å². The zero-order valence-corrected chi connectivity index (χ0v) is 18.4. The highest BCUT2D eigenvalue weighted by molar-refractivity contribution is 6.37. The van der Waals surface area contributed by atoms with Gasteiger partial charge < -0.3 is 9.47 Å². The minimum Gasteiger partial charge on any atom is -0.497 e. The van der Waals surface area contributed by atoms with Crippen molar-refractivity contribution in [3.63, 3.8) is 0 Å². The Kier molecular flexibility index (Phi) is 4.53. The van der Waals surface area contributed by atoms with Gasteiger partial charge >= 0.3 is 0 Å². The molecule has 2 amide bonds. The number of rotatable bonds is 3. The highest BCUT2D eigenvalue weighted by atomic mass is 19.1. The second-order valence-corrected chi connectivity index (χ2v) is 8.72. The van der Waals surface area contributed by atoms with Gasteiger partial charge in [0.15, 0.2) is 0 Å². The molecule has 2 heterocycles. The number of nitrogens with zero attached hydrogens (tertiary/aromatic N) is 1. The number of carbonyl (C=O) groups is 4. The van der Waals surface area contributed by atoms with Crippen LogP contribution in [0.1, 0.15) is 32.4 Å². The van der Waals surface area contributed by atoms with Crippen LogP contribution >= 0.6 is 0 Å². The van der Waals surface area contributed by atoms with E-state index in [1.807, 2.05) is 0 Å². The summed E-state index contributed by atoms with van der Waals surface area (Å²) < 4.78 is 26.1. The first-order chi connectivity index (χ1) is 16.9. The van der Waals surface area contributed by atoms with Crippen LogP contribution in [0.4, 0.5) is 10.1 Å². The maximum Gasteiger partial charge on any atom is 0.241 e. The van der Waals surface area contributed by atoms with Gasteiger partial charge in [-0.3, -0.25) is 19.2 Å². The first-order valence-electron chi connectivity index (χ1n) is 11.0. The van der Waals surface area contributed by atoms with Gasteiger partial charge in [0.1, 0.15) is 11.6 Å². The fourth-order valence-corrected chi connectivity index (χ4v) is 5.48. The Morgan fingerprint density at radius 2 is 1.43 bits per heavy atom. The summed E-state index contributed by atoms with van der Waals surface area (Å²) in [7, 11) is 1.50. The molecular weight excluding hydrogens is 453 g/mol. The number of Topliss-reactive ketones (excluding diaryl/α,β-unsaturated/α-hetero) is 2. The van der Waals surface area contributed by atoms with Crippen molar-refractivity contribution in [1.82, 2.24) is 0 Å². The van der Waals surface area contributed by atoms with Crippen LogP contribution in [0.5, 0.6) is 5.75 Å². The fourth-order valence-electron chi connectivity index (χ4n) is 5.48. The minimum atomic E-state index is -2.20. The van der Waals surface area contributed by atoms with E-state index in [1.54, 1.807) is 36.4 Å². The molecule has 0 radical (unpaired) electrons. The molecular formula is C27H18FNO6. The molecule has 3 aliphatic rings. The van der Waals surface area contributed by atoms with Crippen molar-refractivity contribution in [2.24, 2.45) is 11.8 Å². The monoisotopic (exact) mass is 471 g/mol. The summed E-state index contributed by atoms with van der Waals surface area (Å²) in [6.07, 6.45) is -1.08. The number of para-hydroxylation sites is 1. The zero-order valence-electron chi connectivity index (χ0n) is 18.4. The predicted molar refractivity (Wildman–Crippen MR) is 121 cm³/mol. The summed E-state index contributed by atoms with van der Waals surface area (Å²) in [5.74, 6) is -5.74. The van der Waals surface area contributed by atoms with Crippen molar-refractivity contribution in [2.45, 2.75) is 11.7 Å². The molecule has 3 aromatic rings. The van der Waals surface area contributed by atoms with Gasteiger partial charge in [0.25, 0.3) is 0 Å². The second-order valence-electron chi connectivity index (χ2n) is 8.72. The quantitative estimate of drug-likeness (QED) is 0.429. The van der Waals surface area contributed by atoms with Crippen molar-refractivity contribution < 1.29 is 33.0 Å². The van der Waals surface area contributed by atoms with Crippen LogP contribution < -0.4 is 9.64 Å². The highest BCUT2D eigenvalue weighted by Crippen LogP contribution is 2.57. The van der Waals surface area contributed by atoms with Gasteiger partial charge in [-0.05, 0) is 29.8 Å². The first-order valence-corrected chi connectivity index (χ1v) is 11.0. The molecule has 1 aliphatic carbocycles. The summed E-state index contributed by atoms with van der Waals surface area (Å²) in [4.78, 5) is 55.6. The molecule has 0 aromatic heterocycles. The maximum absolute atomic E-state index is 14.7. The molecule has 174 valence electrons. The van der Waals surface area contributed by atoms with Crippen molar-refractivity contribution in [1.29, 1.82) is 0 Å². The lowest BCUT2D eigenvalue weighted by Gasteiger charge is -2.27. The summed E-state index contributed by atoms with van der Waals surface area (Å²) in [5, 5.41) is 0. The molecule has 0 N–H and O–H groups in total. The van der Waals surface area contributed by atoms with E-state index in [9.17, 15) is 23.6 Å². The Bertz CT molecular complexity index is 1400. The molecule has 35 heavy (non-hydrogen) atoms. The number of benzene rings is 3. The van der Waals surface area contributed by atoms with E-state index in [1.165, 1.54) is 37.4 Å². The van der Waals surface area contributed by atoms with Gasteiger partial charge in [0.05, 0.1) is 30.7 Å². The highest BCUT2D eigenvalue weighted by Gasteiger charge is 2.74. The van der Waals surface area contributed by atoms with Crippen molar-refractivity contribution >= 4 is 29.1 Å². The molecule has 6 rings (SSSR count). The Hall–Kier alpha value is -4.17. The van der Waals surface area contributed by atoms with E-state index in [0.29, 0.717) is 11.3 Å². The number of methoxy groups -OCH3 is 1. The zero-order chi connectivity index (χ0) is 24.5. The van der Waals surface area contributed by atoms with Crippen LogP contribution in [0.25, 0.3) is 0 Å². The number of amides is 2. The lowest BCUT2D eigenvalue weighted by atomic mass is 9.77. The SMILES string of the molecule is COc1ccc([C@@H]2OC3(C(=O)c4ccccc4C3=O)[C@@H]3C(=O)N(c4ccccc4F)C(=O)[C@H]32)cc1. The third kappa shape index (κ3) is 2.68. The van der Waals surface area contributed by atoms with Crippen molar-refractivity contribution in [2.75, 3.05) is 12.0 Å². The number of ketones is 2. The first kappa shape index (κ1) is 21.4. The molecule has 0 unspecified atom stereocenters. The van der Waals surface area contributed by atoms with Gasteiger partial charge in [0, 0.05) is 11.1 Å². The Balaban J connectivity index is 1.54. The van der Waals surface area contributed by atoms with Crippen LogP contribution in [0.15, 0.2) is 72.8 Å². The van der Waals surface area contributed by atoms with Crippen molar-refractivity contribution in [3.05, 3.63) is 95.3 Å². The van der Waals surface area contributed by atoms with E-state index in [2.05, 4.69) is 0 Å². The third-order valence-electron chi connectivity index (χ3n) is 7.06. The number of hydrogen-bond acceptors (Lipinski definition) is 6. The number of carbonyl (C=O) groups excluding carboxylic acids is 4. The predicted octanol–water partition coefficient (Wildman–Crippen LogP) is 3.53. The van der Waals surface area contributed by atoms with Crippen LogP contribution in [-0.2, 0) is 14.3 Å². The van der Waals surface area contributed by atoms with Crippen molar-refractivity contribution in [3.8, 4) is 5.75 Å². The summed E-state index contributed by atoms with van der Waals surface area (Å²) in [5.41, 5.74) is -1.67. The van der Waals surface area contributed by atoms with Gasteiger partial charge in [-0.1, -0.05) is 48.5 Å². The summed E-state index contributed by atoms with van der Waals surface area (Å²) >= 11 is 0. The number of hydrogen-bond donors (Lipinski definition) is 0. The van der Waals surface area contributed by atoms with Crippen LogP contribution in [-0.4, -0.2) is 36.1 Å². The van der Waals surface area contributed by atoms with E-state index in [0.717, 1.165) is 11.0 Å². The molecule has 3 atom stereocenters. The maximum atomic E-state index is 14.7. The topological polar surface area (TPSA) is 90.0 Å². The second kappa shape index (κ2) is 7.41. The summed E-state index contributed by atoms with van der Waals surface area (Å²) in [6.45, 7) is 0. The standard InChI is InChI=1S/C27H18FNO6/c1-34-15-12-10-14(11-13-15)22-20-21(26(33)29(25(20)32)19-9-5-4-8-18(19)28)27(35-22)23(30)16-6-2-3-7-17(16)24(27)31/h2-13,20-22H,1H3/t20-,21+,22+/m1/s1. The Morgan fingerprint density at radius 1 is 0.829 bits per heavy atom. The molecule has 1 spiro atoms. The molecule has 2 aliphatic heterocycles. The Morgan fingerprint density at radius 3 is 2.03 bits per heavy atom. The molecule has 3 aromatic carbocycles. The summed E-state index contributed by atoms with van der Waals surface area (Å²) in [6, 6.07) is 18.2. The number of imide groups is 1. The molecule has 7 nitrogen and oxygen atoms in total. The molecule has 2 saturated heterocycles. The van der Waals surface area contributed by atoms with Gasteiger partial charge in [-0.15, -0.1) is 0 Å². The van der Waals surface area contributed by atoms with Crippen LogP contribution in [0.2, 0.25) is 0 Å². The fraction of sp³-hybridized carbons (Fsp3) is 0.185. The number of anilines is 1. The molecule has 0 saturated carbocycles. The lowest BCUT2D eigenvalue weighted by molar-refractivity contribution is -0.127. The minimum absolute atomic E-state index is 0.135. The van der Waals surface area contributed by atoms with E-state index in [4.69, 9.17) is 9.47 Å². The molecule has 2 fully saturated rings. The van der Waals surface area contributed by atoms with Gasteiger partial charge in [-0.25, -0.2) is 9.29 Å². The Labute approximate surface area is 199 Å². The van der Waals surface area contributed by atoms with Gasteiger partial charge in [0.2, 0.25) is 29.0 Å². The largest absolute Gasteiger partial charge is 0.497 e. The number of fused-ring (bicyclic) bond motifs is 3. The van der Waals surface area contributed by atoms with Gasteiger partial charge in [-0.2, -0.15) is 0 Å². The van der Waals surface area contributed by atoms with E-state index >= 15 is 0 Å². The molecule has 8 heteroatoms. The van der Waals surface area contributed by atoms with Crippen LogP contribution in [0, 0.1) is 17.7 Å². The van der Waals surface area contributed by atoms with E-state index < -0.39 is 52.7 Å².